The van der Waals surface area contributed by atoms with Crippen LogP contribution >= 0.6 is 11.6 Å². The van der Waals surface area contributed by atoms with Crippen LogP contribution in [-0.4, -0.2) is 24.0 Å². The highest BCUT2D eigenvalue weighted by atomic mass is 35.5. The summed E-state index contributed by atoms with van der Waals surface area (Å²) in [5.74, 6) is 0.232. The van der Waals surface area contributed by atoms with Crippen LogP contribution < -0.4 is 10.6 Å². The molecule has 2 N–H and O–H groups in total. The Bertz CT molecular complexity index is 599. The van der Waals surface area contributed by atoms with Crippen LogP contribution in [0.3, 0.4) is 0 Å². The minimum atomic E-state index is -0.382. The van der Waals surface area contributed by atoms with E-state index in [1.165, 1.54) is 19.3 Å². The first-order valence-electron chi connectivity index (χ1n) is 9.49. The molecule has 2 bridgehead atoms. The molecular weight excluding hydrogens is 320 g/mol. The molecule has 1 aromatic rings. The lowest BCUT2D eigenvalue weighted by atomic mass is 9.68. The molecule has 3 fully saturated rings. The lowest BCUT2D eigenvalue weighted by Crippen LogP contribution is -2.53. The summed E-state index contributed by atoms with van der Waals surface area (Å²) in [5, 5.41) is 7.81. The Labute approximate surface area is 149 Å². The van der Waals surface area contributed by atoms with Gasteiger partial charge >= 0.3 is 0 Å². The monoisotopic (exact) mass is 346 g/mol. The van der Waals surface area contributed by atoms with Crippen molar-refractivity contribution in [2.24, 2.45) is 0 Å². The number of carbonyl (C=O) groups is 1. The lowest BCUT2D eigenvalue weighted by molar-refractivity contribution is -0.129. The fraction of sp³-hybridized carbons (Fsp3) is 0.650. The SMILES string of the molecule is O=C(NC1CC2CCC(C1)N2)C1(c2cccc(Cl)c2)CCCCC1. The summed E-state index contributed by atoms with van der Waals surface area (Å²) in [7, 11) is 0. The van der Waals surface area contributed by atoms with Crippen molar-refractivity contribution in [3.63, 3.8) is 0 Å². The summed E-state index contributed by atoms with van der Waals surface area (Å²) in [4.78, 5) is 13.4. The number of carbonyl (C=O) groups excluding carboxylic acids is 1. The molecule has 0 aromatic heterocycles. The number of amides is 1. The van der Waals surface area contributed by atoms with Crippen LogP contribution in [0.1, 0.15) is 63.4 Å². The van der Waals surface area contributed by atoms with E-state index >= 15 is 0 Å². The second kappa shape index (κ2) is 6.68. The molecule has 1 saturated carbocycles. The second-order valence-electron chi connectivity index (χ2n) is 7.93. The number of benzene rings is 1. The van der Waals surface area contributed by atoms with Crippen LogP contribution in [0, 0.1) is 0 Å². The van der Waals surface area contributed by atoms with Crippen LogP contribution in [0.4, 0.5) is 0 Å². The molecule has 1 amide bonds. The predicted octanol–water partition coefficient (Wildman–Crippen LogP) is 3.94. The van der Waals surface area contributed by atoms with Crippen LogP contribution in [0.15, 0.2) is 24.3 Å². The maximum atomic E-state index is 13.4. The summed E-state index contributed by atoms with van der Waals surface area (Å²) in [6.45, 7) is 0. The molecular formula is C20H27ClN2O. The zero-order chi connectivity index (χ0) is 16.6. The van der Waals surface area contributed by atoms with E-state index in [0.29, 0.717) is 18.1 Å². The highest BCUT2D eigenvalue weighted by Gasteiger charge is 2.43. The topological polar surface area (TPSA) is 41.1 Å². The second-order valence-corrected chi connectivity index (χ2v) is 8.37. The maximum Gasteiger partial charge on any atom is 0.230 e. The average Bonchev–Trinajstić information content (AvgIpc) is 2.94. The molecule has 2 unspecified atom stereocenters. The molecule has 2 heterocycles. The van der Waals surface area contributed by atoms with Crippen molar-refractivity contribution >= 4 is 17.5 Å². The molecule has 1 aliphatic carbocycles. The van der Waals surface area contributed by atoms with E-state index < -0.39 is 0 Å². The van der Waals surface area contributed by atoms with Gasteiger partial charge in [0, 0.05) is 23.1 Å². The molecule has 0 spiro atoms. The van der Waals surface area contributed by atoms with Crippen molar-refractivity contribution in [2.45, 2.75) is 81.3 Å². The Balaban J connectivity index is 1.55. The lowest BCUT2D eigenvalue weighted by Gasteiger charge is -2.39. The van der Waals surface area contributed by atoms with Gasteiger partial charge in [-0.2, -0.15) is 0 Å². The number of fused-ring (bicyclic) bond motifs is 2. The Hall–Kier alpha value is -1.06. The van der Waals surface area contributed by atoms with Crippen molar-refractivity contribution in [2.75, 3.05) is 0 Å². The Morgan fingerprint density at radius 3 is 2.50 bits per heavy atom. The summed E-state index contributed by atoms with van der Waals surface area (Å²) in [5.41, 5.74) is 0.719. The normalized spacial score (nSPS) is 31.6. The Morgan fingerprint density at radius 2 is 1.83 bits per heavy atom. The fourth-order valence-electron chi connectivity index (χ4n) is 5.09. The molecule has 130 valence electrons. The Kier molecular flexibility index (Phi) is 4.57. The largest absolute Gasteiger partial charge is 0.352 e. The first-order chi connectivity index (χ1) is 11.7. The Morgan fingerprint density at radius 1 is 1.12 bits per heavy atom. The molecule has 4 rings (SSSR count). The molecule has 24 heavy (non-hydrogen) atoms. The molecule has 3 aliphatic rings. The average molecular weight is 347 g/mol. The number of piperidine rings is 1. The third-order valence-corrected chi connectivity index (χ3v) is 6.56. The first kappa shape index (κ1) is 16.4. The van der Waals surface area contributed by atoms with E-state index in [2.05, 4.69) is 16.7 Å². The van der Waals surface area contributed by atoms with Crippen LogP contribution in [0.5, 0.6) is 0 Å². The third-order valence-electron chi connectivity index (χ3n) is 6.33. The van der Waals surface area contributed by atoms with Crippen molar-refractivity contribution < 1.29 is 4.79 Å². The summed E-state index contributed by atoms with van der Waals surface area (Å²) in [6.07, 6.45) is 10.0. The van der Waals surface area contributed by atoms with E-state index in [4.69, 9.17) is 11.6 Å². The van der Waals surface area contributed by atoms with Gasteiger partial charge in [-0.1, -0.05) is 43.0 Å². The van der Waals surface area contributed by atoms with Gasteiger partial charge in [-0.3, -0.25) is 4.79 Å². The predicted molar refractivity (Wildman–Crippen MR) is 97.3 cm³/mol. The highest BCUT2D eigenvalue weighted by Crippen LogP contribution is 2.41. The van der Waals surface area contributed by atoms with Gasteiger partial charge < -0.3 is 10.6 Å². The van der Waals surface area contributed by atoms with E-state index in [1.54, 1.807) is 0 Å². The van der Waals surface area contributed by atoms with E-state index in [9.17, 15) is 4.79 Å². The van der Waals surface area contributed by atoms with Crippen LogP contribution in [-0.2, 0) is 10.2 Å². The summed E-state index contributed by atoms with van der Waals surface area (Å²) in [6, 6.07) is 9.48. The van der Waals surface area contributed by atoms with Gasteiger partial charge in [0.05, 0.1) is 5.41 Å². The highest BCUT2D eigenvalue weighted by molar-refractivity contribution is 6.30. The van der Waals surface area contributed by atoms with Crippen molar-refractivity contribution in [3.05, 3.63) is 34.9 Å². The zero-order valence-corrected chi connectivity index (χ0v) is 14.9. The molecule has 2 aliphatic heterocycles. The number of hydrogen-bond acceptors (Lipinski definition) is 2. The third kappa shape index (κ3) is 3.09. The van der Waals surface area contributed by atoms with Gasteiger partial charge in [-0.05, 0) is 56.2 Å². The minimum absolute atomic E-state index is 0.232. The van der Waals surface area contributed by atoms with E-state index in [-0.39, 0.29) is 11.3 Å². The zero-order valence-electron chi connectivity index (χ0n) is 14.2. The minimum Gasteiger partial charge on any atom is -0.352 e. The number of halogens is 1. The van der Waals surface area contributed by atoms with Gasteiger partial charge in [0.25, 0.3) is 0 Å². The van der Waals surface area contributed by atoms with E-state index in [1.807, 2.05) is 18.2 Å². The number of nitrogens with one attached hydrogen (secondary N) is 2. The summed E-state index contributed by atoms with van der Waals surface area (Å²) >= 11 is 6.23. The smallest absolute Gasteiger partial charge is 0.230 e. The summed E-state index contributed by atoms with van der Waals surface area (Å²) < 4.78 is 0. The van der Waals surface area contributed by atoms with Gasteiger partial charge in [-0.25, -0.2) is 0 Å². The van der Waals surface area contributed by atoms with E-state index in [0.717, 1.165) is 49.1 Å². The number of hydrogen-bond donors (Lipinski definition) is 2. The van der Waals surface area contributed by atoms with Gasteiger partial charge in [0.15, 0.2) is 0 Å². The molecule has 2 saturated heterocycles. The fourth-order valence-corrected chi connectivity index (χ4v) is 5.28. The van der Waals surface area contributed by atoms with Crippen molar-refractivity contribution in [1.82, 2.24) is 10.6 Å². The molecule has 3 nitrogen and oxygen atoms in total. The standard InChI is InChI=1S/C20H27ClN2O/c21-15-6-4-5-14(11-15)20(9-2-1-3-10-20)19(24)23-18-12-16-7-8-17(13-18)22-16/h4-6,11,16-18,22H,1-3,7-10,12-13H2,(H,23,24). The van der Waals surface area contributed by atoms with Crippen molar-refractivity contribution in [3.8, 4) is 0 Å². The molecule has 1 aromatic carbocycles. The van der Waals surface area contributed by atoms with Crippen LogP contribution in [0.25, 0.3) is 0 Å². The van der Waals surface area contributed by atoms with Crippen molar-refractivity contribution in [1.29, 1.82) is 0 Å². The van der Waals surface area contributed by atoms with Crippen LogP contribution in [0.2, 0.25) is 5.02 Å². The number of rotatable bonds is 3. The molecule has 2 atom stereocenters. The maximum absolute atomic E-state index is 13.4. The quantitative estimate of drug-likeness (QED) is 0.870. The molecule has 0 radical (unpaired) electrons. The van der Waals surface area contributed by atoms with Gasteiger partial charge in [-0.15, -0.1) is 0 Å². The first-order valence-corrected chi connectivity index (χ1v) is 9.87. The van der Waals surface area contributed by atoms with Gasteiger partial charge in [0.2, 0.25) is 5.91 Å². The van der Waals surface area contributed by atoms with Gasteiger partial charge in [0.1, 0.15) is 0 Å². The molecule has 4 heteroatoms.